The van der Waals surface area contributed by atoms with Crippen molar-refractivity contribution in [3.05, 3.63) is 13.8 Å². The Morgan fingerprint density at radius 2 is 2.20 bits per heavy atom. The third-order valence-corrected chi connectivity index (χ3v) is 1.37. The number of ether oxygens (including phenoxy) is 1. The van der Waals surface area contributed by atoms with Gasteiger partial charge in [0.05, 0.1) is 0 Å². The number of esters is 1. The summed E-state index contributed by atoms with van der Waals surface area (Å²) in [5, 5.41) is 0.820. The van der Waals surface area contributed by atoms with E-state index in [4.69, 9.17) is 0 Å². The van der Waals surface area contributed by atoms with Crippen LogP contribution in [0.3, 0.4) is 0 Å². The fraction of sp³-hybridized carbons (Fsp3) is 0.571. The standard InChI is InChI=1S/C7H11BrO2/c1-6(2)10-7(9)4-3-5-8/h6H,1-5H2. The predicted octanol–water partition coefficient (Wildman–Crippen LogP) is 1.74. The van der Waals surface area contributed by atoms with Gasteiger partial charge in [-0.3, -0.25) is 4.79 Å². The van der Waals surface area contributed by atoms with Crippen molar-refractivity contribution in [2.75, 3.05) is 5.33 Å². The Bertz CT molecular complexity index is 102. The van der Waals surface area contributed by atoms with Gasteiger partial charge in [-0.05, 0) is 20.3 Å². The monoisotopic (exact) mass is 206 g/mol. The zero-order chi connectivity index (χ0) is 7.98. The average Bonchev–Trinajstić information content (AvgIpc) is 1.82. The highest BCUT2D eigenvalue weighted by atomic mass is 79.9. The number of alkyl halides is 1. The van der Waals surface area contributed by atoms with E-state index in [1.807, 2.05) is 0 Å². The van der Waals surface area contributed by atoms with E-state index in [0.29, 0.717) is 6.42 Å². The normalized spacial score (nSPS) is 10.0. The number of hydrogen-bond acceptors (Lipinski definition) is 2. The summed E-state index contributed by atoms with van der Waals surface area (Å²) >= 11 is 3.21. The highest BCUT2D eigenvalue weighted by Crippen LogP contribution is 1.98. The number of carbonyl (C=O) groups is 1. The van der Waals surface area contributed by atoms with Crippen LogP contribution in [0.4, 0.5) is 0 Å². The molecule has 0 amide bonds. The first-order chi connectivity index (χ1) is 4.66. The lowest BCUT2D eigenvalue weighted by molar-refractivity contribution is -0.145. The average molecular weight is 207 g/mol. The smallest absolute Gasteiger partial charge is 0.306 e. The summed E-state index contributed by atoms with van der Waals surface area (Å²) in [5.41, 5.74) is 0. The van der Waals surface area contributed by atoms with Crippen LogP contribution in [0.25, 0.3) is 0 Å². The minimum Gasteiger partial charge on any atom is -0.462 e. The lowest BCUT2D eigenvalue weighted by Crippen LogP contribution is -2.11. The molecule has 0 rings (SSSR count). The van der Waals surface area contributed by atoms with E-state index in [9.17, 15) is 4.79 Å². The largest absolute Gasteiger partial charge is 0.462 e. The first kappa shape index (κ1) is 9.95. The molecule has 0 saturated heterocycles. The molecule has 0 aromatic carbocycles. The second-order valence-corrected chi connectivity index (χ2v) is 2.70. The fourth-order valence-electron chi connectivity index (χ4n) is 0.456. The quantitative estimate of drug-likeness (QED) is 0.518. The third kappa shape index (κ3) is 6.08. The second-order valence-electron chi connectivity index (χ2n) is 1.90. The molecule has 0 unspecified atom stereocenters. The Hall–Kier alpha value is -0.0500. The number of carbonyl (C=O) groups excluding carboxylic acids is 1. The number of halogens is 1. The number of rotatable bonds is 4. The molecule has 0 aromatic heterocycles. The Morgan fingerprint density at radius 3 is 2.60 bits per heavy atom. The minimum absolute atomic E-state index is 0.227. The van der Waals surface area contributed by atoms with Gasteiger partial charge in [-0.2, -0.15) is 0 Å². The van der Waals surface area contributed by atoms with Gasteiger partial charge in [-0.25, -0.2) is 0 Å². The molecule has 0 atom stereocenters. The maximum atomic E-state index is 10.7. The van der Waals surface area contributed by atoms with Crippen LogP contribution in [0.1, 0.15) is 12.8 Å². The first-order valence-corrected chi connectivity index (χ1v) is 4.20. The molecule has 2 nitrogen and oxygen atoms in total. The Balaban J connectivity index is 3.26. The van der Waals surface area contributed by atoms with E-state index in [-0.39, 0.29) is 5.97 Å². The molecule has 0 aliphatic rings. The molecule has 0 aromatic rings. The van der Waals surface area contributed by atoms with Gasteiger partial charge in [0.1, 0.15) is 6.10 Å². The summed E-state index contributed by atoms with van der Waals surface area (Å²) in [5.74, 6) is -0.227. The van der Waals surface area contributed by atoms with Crippen molar-refractivity contribution >= 4 is 21.9 Å². The van der Waals surface area contributed by atoms with Crippen molar-refractivity contribution in [2.24, 2.45) is 0 Å². The Morgan fingerprint density at radius 1 is 1.60 bits per heavy atom. The van der Waals surface area contributed by atoms with Crippen molar-refractivity contribution < 1.29 is 9.53 Å². The summed E-state index contributed by atoms with van der Waals surface area (Å²) in [4.78, 5) is 10.7. The summed E-state index contributed by atoms with van der Waals surface area (Å²) < 4.78 is 4.67. The van der Waals surface area contributed by atoms with Crippen LogP contribution in [0.5, 0.6) is 0 Å². The van der Waals surface area contributed by atoms with E-state index in [1.165, 1.54) is 0 Å². The van der Waals surface area contributed by atoms with Gasteiger partial charge in [-0.1, -0.05) is 15.9 Å². The van der Waals surface area contributed by atoms with Crippen LogP contribution in [-0.4, -0.2) is 17.4 Å². The molecule has 0 spiro atoms. The molecule has 0 aliphatic carbocycles. The summed E-state index contributed by atoms with van der Waals surface area (Å²) in [7, 11) is 0. The molecule has 0 aliphatic heterocycles. The van der Waals surface area contributed by atoms with Crippen molar-refractivity contribution in [1.29, 1.82) is 0 Å². The van der Waals surface area contributed by atoms with Gasteiger partial charge >= 0.3 is 5.97 Å². The molecule has 10 heavy (non-hydrogen) atoms. The maximum Gasteiger partial charge on any atom is 0.306 e. The number of hydrogen-bond donors (Lipinski definition) is 0. The van der Waals surface area contributed by atoms with Crippen molar-refractivity contribution in [3.63, 3.8) is 0 Å². The second kappa shape index (κ2) is 5.71. The van der Waals surface area contributed by atoms with Gasteiger partial charge in [0, 0.05) is 11.8 Å². The van der Waals surface area contributed by atoms with Gasteiger partial charge in [0.15, 0.2) is 0 Å². The van der Waals surface area contributed by atoms with Crippen LogP contribution < -0.4 is 0 Å². The van der Waals surface area contributed by atoms with Gasteiger partial charge in [-0.15, -0.1) is 0 Å². The maximum absolute atomic E-state index is 10.7. The molecule has 0 bridgehead atoms. The van der Waals surface area contributed by atoms with E-state index in [2.05, 4.69) is 34.5 Å². The predicted molar refractivity (Wildman–Crippen MR) is 43.6 cm³/mol. The first-order valence-electron chi connectivity index (χ1n) is 3.08. The van der Waals surface area contributed by atoms with E-state index in [0.717, 1.165) is 11.8 Å². The van der Waals surface area contributed by atoms with Crippen molar-refractivity contribution in [1.82, 2.24) is 0 Å². The minimum atomic E-state index is -0.483. The topological polar surface area (TPSA) is 26.3 Å². The third-order valence-electron chi connectivity index (χ3n) is 0.813. The molecule has 0 saturated carbocycles. The van der Waals surface area contributed by atoms with Gasteiger partial charge in [0.2, 0.25) is 0 Å². The lowest BCUT2D eigenvalue weighted by Gasteiger charge is -2.05. The van der Waals surface area contributed by atoms with Crippen LogP contribution in [0.15, 0.2) is 0 Å². The Labute approximate surface area is 70.1 Å². The summed E-state index contributed by atoms with van der Waals surface area (Å²) in [6, 6.07) is 0. The van der Waals surface area contributed by atoms with E-state index in [1.54, 1.807) is 0 Å². The van der Waals surface area contributed by atoms with Gasteiger partial charge < -0.3 is 4.74 Å². The highest BCUT2D eigenvalue weighted by molar-refractivity contribution is 9.09. The zero-order valence-corrected chi connectivity index (χ0v) is 7.39. The van der Waals surface area contributed by atoms with E-state index < -0.39 is 6.10 Å². The molecular formula is C7H11BrO2. The molecule has 3 heteroatoms. The molecule has 0 N–H and O–H groups in total. The Kier molecular flexibility index (Phi) is 5.69. The molecule has 58 valence electrons. The van der Waals surface area contributed by atoms with Crippen molar-refractivity contribution in [2.45, 2.75) is 18.9 Å². The molecular weight excluding hydrogens is 196 g/mol. The van der Waals surface area contributed by atoms with Crippen LogP contribution >= 0.6 is 15.9 Å². The summed E-state index contributed by atoms with van der Waals surface area (Å²) in [6.45, 7) is 6.84. The van der Waals surface area contributed by atoms with Crippen LogP contribution in [0.2, 0.25) is 0 Å². The van der Waals surface area contributed by atoms with Gasteiger partial charge in [0.25, 0.3) is 0 Å². The van der Waals surface area contributed by atoms with Crippen LogP contribution in [-0.2, 0) is 9.53 Å². The SMILES string of the molecule is [CH2]C([CH2])OC(=O)CCCBr. The fourth-order valence-corrected chi connectivity index (χ4v) is 0.736. The van der Waals surface area contributed by atoms with Crippen molar-refractivity contribution in [3.8, 4) is 0 Å². The molecule has 2 radical (unpaired) electrons. The molecule has 0 fully saturated rings. The highest BCUT2D eigenvalue weighted by Gasteiger charge is 2.03. The van der Waals surface area contributed by atoms with E-state index >= 15 is 0 Å². The van der Waals surface area contributed by atoms with Crippen LogP contribution in [0, 0.1) is 13.8 Å². The zero-order valence-electron chi connectivity index (χ0n) is 5.81. The molecule has 0 heterocycles. The lowest BCUT2D eigenvalue weighted by atomic mass is 10.3. The summed E-state index contributed by atoms with van der Waals surface area (Å²) in [6.07, 6.45) is 0.751.